The van der Waals surface area contributed by atoms with Crippen LogP contribution in [0, 0.1) is 0 Å². The minimum atomic E-state index is -0.452. The van der Waals surface area contributed by atoms with Gasteiger partial charge in [0, 0.05) is 16.1 Å². The number of nitrogens with two attached hydrogens (primary N) is 1. The molecule has 0 atom stereocenters. The first-order chi connectivity index (χ1) is 13.0. The van der Waals surface area contributed by atoms with Crippen LogP contribution < -0.4 is 5.73 Å². The number of hydrogen-bond donors (Lipinski definition) is 1. The molecule has 0 aliphatic heterocycles. The Morgan fingerprint density at radius 1 is 0.929 bits per heavy atom. The summed E-state index contributed by atoms with van der Waals surface area (Å²) in [4.78, 5) is 25.3. The van der Waals surface area contributed by atoms with Gasteiger partial charge in [0.25, 0.3) is 0 Å². The molecule has 0 heterocycles. The predicted molar refractivity (Wildman–Crippen MR) is 114 cm³/mol. The van der Waals surface area contributed by atoms with E-state index in [1.165, 1.54) is 18.2 Å². The number of nitrogen functional groups attached to an aromatic ring is 1. The van der Waals surface area contributed by atoms with E-state index >= 15 is 0 Å². The minimum absolute atomic E-state index is 0.0373. The highest BCUT2D eigenvalue weighted by Gasteiger charge is 2.37. The maximum Gasteiger partial charge on any atom is 0.337 e. The number of methoxy groups -OCH3 is 1. The normalized spacial score (nSPS) is 16.9. The molecule has 2 N–H and O–H groups in total. The fourth-order valence-corrected chi connectivity index (χ4v) is 4.56. The zero-order chi connectivity index (χ0) is 20.7. The number of benzene rings is 2. The van der Waals surface area contributed by atoms with Crippen molar-refractivity contribution >= 4 is 28.5 Å². The van der Waals surface area contributed by atoms with Crippen LogP contribution in [0.5, 0.6) is 0 Å². The van der Waals surface area contributed by atoms with Crippen LogP contribution in [0.25, 0.3) is 0 Å². The fourth-order valence-electron chi connectivity index (χ4n) is 3.74. The quantitative estimate of drug-likeness (QED) is 0.430. The van der Waals surface area contributed by atoms with E-state index in [-0.39, 0.29) is 15.9 Å². The van der Waals surface area contributed by atoms with Gasteiger partial charge >= 0.3 is 5.97 Å². The van der Waals surface area contributed by atoms with Crippen LogP contribution in [0.1, 0.15) is 72.4 Å². The zero-order valence-electron chi connectivity index (χ0n) is 17.1. The van der Waals surface area contributed by atoms with E-state index in [2.05, 4.69) is 33.8 Å². The molecule has 0 unspecified atom stereocenters. The number of carbonyl (C=O) groups is 2. The first-order valence-corrected chi connectivity index (χ1v) is 10.2. The molecule has 0 radical (unpaired) electrons. The number of thioether (sulfide) groups is 1. The molecule has 0 saturated carbocycles. The Bertz CT molecular complexity index is 947. The SMILES string of the molecule is COC(=O)c1ccc(N)c(SC(=O)c2ccc3c(c2)C(C)(C)CCC3(C)C)c1. The monoisotopic (exact) mass is 397 g/mol. The van der Waals surface area contributed by atoms with Crippen molar-refractivity contribution in [1.82, 2.24) is 0 Å². The van der Waals surface area contributed by atoms with E-state index in [9.17, 15) is 9.59 Å². The van der Waals surface area contributed by atoms with Crippen molar-refractivity contribution in [3.63, 3.8) is 0 Å². The second-order valence-corrected chi connectivity index (χ2v) is 9.68. The highest BCUT2D eigenvalue weighted by atomic mass is 32.2. The molecule has 0 aromatic heterocycles. The molecule has 148 valence electrons. The van der Waals surface area contributed by atoms with Gasteiger partial charge in [-0.15, -0.1) is 0 Å². The fraction of sp³-hybridized carbons (Fsp3) is 0.391. The van der Waals surface area contributed by atoms with Crippen molar-refractivity contribution in [2.24, 2.45) is 0 Å². The number of anilines is 1. The standard InChI is InChI=1S/C23H27NO3S/c1-22(2)10-11-23(3,4)17-12-15(6-8-16(17)22)21(26)28-19-13-14(20(25)27-5)7-9-18(19)24/h6-9,12-13H,10-11,24H2,1-5H3. The molecule has 0 amide bonds. The largest absolute Gasteiger partial charge is 0.465 e. The molecule has 3 rings (SSSR count). The van der Waals surface area contributed by atoms with Gasteiger partial charge in [-0.25, -0.2) is 4.79 Å². The van der Waals surface area contributed by atoms with Gasteiger partial charge < -0.3 is 10.5 Å². The molecular weight excluding hydrogens is 370 g/mol. The van der Waals surface area contributed by atoms with Gasteiger partial charge in [-0.3, -0.25) is 4.79 Å². The van der Waals surface area contributed by atoms with E-state index in [1.54, 1.807) is 18.2 Å². The lowest BCUT2D eigenvalue weighted by Crippen LogP contribution is -2.34. The van der Waals surface area contributed by atoms with Crippen molar-refractivity contribution in [1.29, 1.82) is 0 Å². The summed E-state index contributed by atoms with van der Waals surface area (Å²) in [5.74, 6) is -0.452. The van der Waals surface area contributed by atoms with Gasteiger partial charge in [0.15, 0.2) is 0 Å². The lowest BCUT2D eigenvalue weighted by atomic mass is 9.63. The second kappa shape index (κ2) is 7.28. The van der Waals surface area contributed by atoms with Crippen molar-refractivity contribution in [3.05, 3.63) is 58.7 Å². The Morgan fingerprint density at radius 2 is 1.54 bits per heavy atom. The number of fused-ring (bicyclic) bond motifs is 1. The van der Waals surface area contributed by atoms with E-state index in [1.807, 2.05) is 12.1 Å². The molecule has 5 heteroatoms. The van der Waals surface area contributed by atoms with E-state index < -0.39 is 5.97 Å². The van der Waals surface area contributed by atoms with Crippen LogP contribution in [0.2, 0.25) is 0 Å². The lowest BCUT2D eigenvalue weighted by Gasteiger charge is -2.42. The Morgan fingerprint density at radius 3 is 2.18 bits per heavy atom. The zero-order valence-corrected chi connectivity index (χ0v) is 17.9. The summed E-state index contributed by atoms with van der Waals surface area (Å²) in [5, 5.41) is -0.0873. The molecule has 0 bridgehead atoms. The van der Waals surface area contributed by atoms with Crippen LogP contribution in [-0.4, -0.2) is 18.2 Å². The molecule has 2 aromatic rings. The van der Waals surface area contributed by atoms with Gasteiger partial charge in [0.1, 0.15) is 0 Å². The van der Waals surface area contributed by atoms with Gasteiger partial charge in [0.05, 0.1) is 12.7 Å². The van der Waals surface area contributed by atoms with E-state index in [4.69, 9.17) is 10.5 Å². The number of hydrogen-bond acceptors (Lipinski definition) is 5. The molecule has 0 fully saturated rings. The highest BCUT2D eigenvalue weighted by Crippen LogP contribution is 2.46. The van der Waals surface area contributed by atoms with Crippen molar-refractivity contribution in [2.75, 3.05) is 12.8 Å². The lowest BCUT2D eigenvalue weighted by molar-refractivity contribution is 0.0600. The molecule has 1 aliphatic carbocycles. The van der Waals surface area contributed by atoms with Crippen LogP contribution in [0.4, 0.5) is 5.69 Å². The van der Waals surface area contributed by atoms with Crippen molar-refractivity contribution in [2.45, 2.75) is 56.3 Å². The third-order valence-corrected chi connectivity index (χ3v) is 6.72. The smallest absolute Gasteiger partial charge is 0.337 e. The summed E-state index contributed by atoms with van der Waals surface area (Å²) in [6, 6.07) is 10.9. The Labute approximate surface area is 170 Å². The molecule has 28 heavy (non-hydrogen) atoms. The summed E-state index contributed by atoms with van der Waals surface area (Å²) < 4.78 is 4.75. The number of ether oxygens (including phenoxy) is 1. The third kappa shape index (κ3) is 3.81. The van der Waals surface area contributed by atoms with Gasteiger partial charge in [0.2, 0.25) is 5.12 Å². The molecule has 1 aliphatic rings. The van der Waals surface area contributed by atoms with Crippen molar-refractivity contribution < 1.29 is 14.3 Å². The molecular formula is C23H27NO3S. The predicted octanol–water partition coefficient (Wildman–Crippen LogP) is 5.34. The molecule has 2 aromatic carbocycles. The van der Waals surface area contributed by atoms with Gasteiger partial charge in [-0.2, -0.15) is 0 Å². The Hall–Kier alpha value is -2.27. The topological polar surface area (TPSA) is 69.4 Å². The van der Waals surface area contributed by atoms with Crippen LogP contribution in [0.3, 0.4) is 0 Å². The summed E-state index contributed by atoms with van der Waals surface area (Å²) >= 11 is 1.04. The summed E-state index contributed by atoms with van der Waals surface area (Å²) in [7, 11) is 1.33. The molecule has 0 saturated heterocycles. The van der Waals surface area contributed by atoms with Gasteiger partial charge in [-0.1, -0.05) is 39.8 Å². The van der Waals surface area contributed by atoms with E-state index in [0.29, 0.717) is 21.7 Å². The number of carbonyl (C=O) groups excluding carboxylic acids is 2. The van der Waals surface area contributed by atoms with Gasteiger partial charge in [-0.05, 0) is 70.8 Å². The number of rotatable bonds is 3. The van der Waals surface area contributed by atoms with Crippen LogP contribution in [0.15, 0.2) is 41.3 Å². The first kappa shape index (κ1) is 20.5. The van der Waals surface area contributed by atoms with Crippen LogP contribution in [-0.2, 0) is 15.6 Å². The summed E-state index contributed by atoms with van der Waals surface area (Å²) in [5.41, 5.74) is 10.2. The van der Waals surface area contributed by atoms with Crippen LogP contribution >= 0.6 is 11.8 Å². The third-order valence-electron chi connectivity index (χ3n) is 5.73. The molecule has 0 spiro atoms. The molecule has 4 nitrogen and oxygen atoms in total. The second-order valence-electron chi connectivity index (χ2n) is 8.66. The summed E-state index contributed by atoms with van der Waals surface area (Å²) in [6.45, 7) is 8.99. The minimum Gasteiger partial charge on any atom is -0.465 e. The first-order valence-electron chi connectivity index (χ1n) is 9.40. The maximum absolute atomic E-state index is 13.0. The maximum atomic E-state index is 13.0. The number of esters is 1. The average molecular weight is 398 g/mol. The Balaban J connectivity index is 1.94. The average Bonchev–Trinajstić information content (AvgIpc) is 2.66. The highest BCUT2D eigenvalue weighted by molar-refractivity contribution is 8.14. The Kier molecular flexibility index (Phi) is 5.32. The van der Waals surface area contributed by atoms with E-state index in [0.717, 1.165) is 24.6 Å². The summed E-state index contributed by atoms with van der Waals surface area (Å²) in [6.07, 6.45) is 2.22. The van der Waals surface area contributed by atoms with Crippen molar-refractivity contribution in [3.8, 4) is 0 Å².